The van der Waals surface area contributed by atoms with E-state index in [4.69, 9.17) is 4.74 Å². The first-order chi connectivity index (χ1) is 10.4. The Morgan fingerprint density at radius 1 is 1.36 bits per heavy atom. The average Bonchev–Trinajstić information content (AvgIpc) is 3.11. The molecule has 3 atom stereocenters. The molecule has 3 rings (SSSR count). The van der Waals surface area contributed by atoms with Crippen molar-refractivity contribution in [3.05, 3.63) is 5.82 Å². The van der Waals surface area contributed by atoms with Gasteiger partial charge in [-0.1, -0.05) is 0 Å². The van der Waals surface area contributed by atoms with Gasteiger partial charge in [-0.2, -0.15) is 22.5 Å². The van der Waals surface area contributed by atoms with Crippen LogP contribution in [0.15, 0.2) is 0 Å². The number of ether oxygens (including phenoxy) is 1. The van der Waals surface area contributed by atoms with Gasteiger partial charge in [-0.3, -0.25) is 4.79 Å². The Hall–Kier alpha value is -1.42. The van der Waals surface area contributed by atoms with Crippen LogP contribution in [0.2, 0.25) is 0 Å². The van der Waals surface area contributed by atoms with E-state index in [0.29, 0.717) is 31.0 Å². The maximum Gasteiger partial charge on any atom is 0.452 e. The molecule has 3 heterocycles. The molecule has 1 amide bonds. The number of aromatic nitrogens is 2. The SMILES string of the molecule is O=C1CC[C@@H](Nc2nc(C(F)(F)F)ns2)[C@H](C2CCCO2)N1. The summed E-state index contributed by atoms with van der Waals surface area (Å²) >= 11 is 0.670. The van der Waals surface area contributed by atoms with Gasteiger partial charge in [0.2, 0.25) is 16.9 Å². The lowest BCUT2D eigenvalue weighted by Gasteiger charge is -2.35. The van der Waals surface area contributed by atoms with E-state index in [-0.39, 0.29) is 29.2 Å². The summed E-state index contributed by atoms with van der Waals surface area (Å²) < 4.78 is 46.5. The fourth-order valence-corrected chi connectivity index (χ4v) is 3.43. The molecule has 0 bridgehead atoms. The summed E-state index contributed by atoms with van der Waals surface area (Å²) in [6.07, 6.45) is -2.07. The van der Waals surface area contributed by atoms with Crippen molar-refractivity contribution in [2.24, 2.45) is 0 Å². The third kappa shape index (κ3) is 3.32. The molecule has 22 heavy (non-hydrogen) atoms. The summed E-state index contributed by atoms with van der Waals surface area (Å²) in [6, 6.07) is -0.475. The third-order valence-corrected chi connectivity index (χ3v) is 4.44. The van der Waals surface area contributed by atoms with Crippen molar-refractivity contribution in [2.75, 3.05) is 11.9 Å². The standard InChI is InChI=1S/C12H15F3N4O2S/c13-12(14,15)10-18-11(22-19-10)16-6-3-4-8(20)17-9(6)7-2-1-5-21-7/h6-7,9H,1-5H2,(H,17,20)(H,16,18,19)/t6-,7?,9-/m1/s1. The number of carbonyl (C=O) groups excluding carboxylic acids is 1. The molecular weight excluding hydrogens is 321 g/mol. The summed E-state index contributed by atoms with van der Waals surface area (Å²) in [5.41, 5.74) is 0. The zero-order chi connectivity index (χ0) is 15.7. The lowest BCUT2D eigenvalue weighted by atomic mass is 9.92. The summed E-state index contributed by atoms with van der Waals surface area (Å²) in [4.78, 5) is 15.1. The van der Waals surface area contributed by atoms with E-state index in [0.717, 1.165) is 12.8 Å². The Morgan fingerprint density at radius 2 is 2.18 bits per heavy atom. The van der Waals surface area contributed by atoms with Gasteiger partial charge in [-0.05, 0) is 19.3 Å². The third-order valence-electron chi connectivity index (χ3n) is 3.80. The molecular formula is C12H15F3N4O2S. The largest absolute Gasteiger partial charge is 0.452 e. The molecule has 0 spiro atoms. The second-order valence-corrected chi connectivity index (χ2v) is 6.11. The number of alkyl halides is 3. The molecule has 0 aliphatic carbocycles. The zero-order valence-corrected chi connectivity index (χ0v) is 12.3. The molecule has 2 saturated heterocycles. The van der Waals surface area contributed by atoms with Crippen molar-refractivity contribution in [3.63, 3.8) is 0 Å². The molecule has 0 radical (unpaired) electrons. The van der Waals surface area contributed by atoms with Crippen LogP contribution in [0.5, 0.6) is 0 Å². The molecule has 2 N–H and O–H groups in total. The first kappa shape index (κ1) is 15.5. The Labute approximate surface area is 128 Å². The van der Waals surface area contributed by atoms with Crippen molar-refractivity contribution in [3.8, 4) is 0 Å². The number of nitrogens with one attached hydrogen (secondary N) is 2. The van der Waals surface area contributed by atoms with E-state index in [1.54, 1.807) is 0 Å². The van der Waals surface area contributed by atoms with Crippen LogP contribution in [-0.4, -0.2) is 40.1 Å². The van der Waals surface area contributed by atoms with Gasteiger partial charge in [0.25, 0.3) is 0 Å². The minimum Gasteiger partial charge on any atom is -0.376 e. The van der Waals surface area contributed by atoms with Crippen molar-refractivity contribution < 1.29 is 22.7 Å². The second-order valence-electron chi connectivity index (χ2n) is 5.36. The highest BCUT2D eigenvalue weighted by atomic mass is 32.1. The van der Waals surface area contributed by atoms with Gasteiger partial charge in [-0.15, -0.1) is 0 Å². The number of amides is 1. The molecule has 1 aromatic rings. The molecule has 2 fully saturated rings. The lowest BCUT2D eigenvalue weighted by molar-refractivity contribution is -0.144. The van der Waals surface area contributed by atoms with E-state index in [1.807, 2.05) is 0 Å². The highest BCUT2D eigenvalue weighted by molar-refractivity contribution is 7.09. The number of nitrogens with zero attached hydrogens (tertiary/aromatic N) is 2. The summed E-state index contributed by atoms with van der Waals surface area (Å²) in [5.74, 6) is -1.21. The maximum absolute atomic E-state index is 12.5. The van der Waals surface area contributed by atoms with Crippen molar-refractivity contribution in [1.29, 1.82) is 0 Å². The molecule has 1 unspecified atom stereocenters. The number of hydrogen-bond donors (Lipinski definition) is 2. The Bertz CT molecular complexity index is 545. The number of carbonyl (C=O) groups is 1. The highest BCUT2D eigenvalue weighted by Crippen LogP contribution is 2.30. The van der Waals surface area contributed by atoms with Crippen LogP contribution in [-0.2, 0) is 15.7 Å². The predicted molar refractivity (Wildman–Crippen MR) is 72.5 cm³/mol. The molecule has 2 aliphatic rings. The second kappa shape index (κ2) is 5.99. The minimum atomic E-state index is -4.55. The number of halogens is 3. The maximum atomic E-state index is 12.5. The van der Waals surface area contributed by atoms with Gasteiger partial charge in [0.05, 0.1) is 18.2 Å². The summed E-state index contributed by atoms with van der Waals surface area (Å²) in [5, 5.41) is 5.95. The van der Waals surface area contributed by atoms with Crippen molar-refractivity contribution >= 4 is 22.6 Å². The van der Waals surface area contributed by atoms with Gasteiger partial charge in [0, 0.05) is 24.6 Å². The topological polar surface area (TPSA) is 76.1 Å². The molecule has 1 aromatic heterocycles. The lowest BCUT2D eigenvalue weighted by Crippen LogP contribution is -2.56. The van der Waals surface area contributed by atoms with Crippen LogP contribution >= 0.6 is 11.5 Å². The molecule has 0 aromatic carbocycles. The molecule has 2 aliphatic heterocycles. The number of anilines is 1. The van der Waals surface area contributed by atoms with Crippen LogP contribution in [0.1, 0.15) is 31.5 Å². The number of hydrogen-bond acceptors (Lipinski definition) is 6. The fraction of sp³-hybridized carbons (Fsp3) is 0.750. The summed E-state index contributed by atoms with van der Waals surface area (Å²) in [7, 11) is 0. The quantitative estimate of drug-likeness (QED) is 0.880. The first-order valence-electron chi connectivity index (χ1n) is 7.02. The monoisotopic (exact) mass is 336 g/mol. The van der Waals surface area contributed by atoms with E-state index in [9.17, 15) is 18.0 Å². The first-order valence-corrected chi connectivity index (χ1v) is 7.79. The minimum absolute atomic E-state index is 0.0632. The van der Waals surface area contributed by atoms with Crippen molar-refractivity contribution in [2.45, 2.75) is 50.0 Å². The zero-order valence-electron chi connectivity index (χ0n) is 11.5. The molecule has 122 valence electrons. The van der Waals surface area contributed by atoms with E-state index in [1.165, 1.54) is 0 Å². The average molecular weight is 336 g/mol. The van der Waals surface area contributed by atoms with Gasteiger partial charge in [0.15, 0.2) is 0 Å². The normalized spacial score (nSPS) is 29.4. The van der Waals surface area contributed by atoms with E-state index >= 15 is 0 Å². The number of piperidine rings is 1. The van der Waals surface area contributed by atoms with Crippen molar-refractivity contribution in [1.82, 2.24) is 14.7 Å². The Balaban J connectivity index is 1.71. The van der Waals surface area contributed by atoms with Crippen LogP contribution in [0.25, 0.3) is 0 Å². The van der Waals surface area contributed by atoms with E-state index < -0.39 is 12.0 Å². The Morgan fingerprint density at radius 3 is 2.82 bits per heavy atom. The highest BCUT2D eigenvalue weighted by Gasteiger charge is 2.39. The molecule has 0 saturated carbocycles. The summed E-state index contributed by atoms with van der Waals surface area (Å²) in [6.45, 7) is 0.640. The fourth-order valence-electron chi connectivity index (χ4n) is 2.78. The molecule has 10 heteroatoms. The Kier molecular flexibility index (Phi) is 4.22. The van der Waals surface area contributed by atoms with Crippen LogP contribution in [0, 0.1) is 0 Å². The number of rotatable bonds is 3. The van der Waals surface area contributed by atoms with Gasteiger partial charge in [0.1, 0.15) is 0 Å². The van der Waals surface area contributed by atoms with Gasteiger partial charge < -0.3 is 15.4 Å². The smallest absolute Gasteiger partial charge is 0.376 e. The van der Waals surface area contributed by atoms with Crippen LogP contribution in [0.3, 0.4) is 0 Å². The van der Waals surface area contributed by atoms with Crippen LogP contribution < -0.4 is 10.6 Å². The predicted octanol–water partition coefficient (Wildman–Crippen LogP) is 1.79. The van der Waals surface area contributed by atoms with Crippen LogP contribution in [0.4, 0.5) is 18.3 Å². The van der Waals surface area contributed by atoms with Gasteiger partial charge >= 0.3 is 6.18 Å². The molecule has 6 nitrogen and oxygen atoms in total. The van der Waals surface area contributed by atoms with E-state index in [2.05, 4.69) is 20.0 Å². The van der Waals surface area contributed by atoms with Gasteiger partial charge in [-0.25, -0.2) is 0 Å².